The van der Waals surface area contributed by atoms with Crippen molar-refractivity contribution in [2.75, 3.05) is 24.8 Å². The standard InChI is InChI=1S/C23H34N8O2.CO2/c1-4-6-7-17(10-11-32)25-22-18(19(5-2)26-23(24)27-22)14-16-12-15(8-9-20(16)33-3)13-21-28-30-31-29-21;2-1-3/h8-9,12,17,32H,4-7,10-11,13-14H2,1-3H3,(H3,24,25,26,27)(H,28,29,30,31);/t17-;/m0./s1. The molecule has 0 amide bonds. The number of hydrogen-bond acceptors (Lipinski definition) is 11. The van der Waals surface area contributed by atoms with Crippen molar-refractivity contribution >= 4 is 17.9 Å². The first-order valence-electron chi connectivity index (χ1n) is 11.9. The molecule has 2 heterocycles. The molecule has 0 spiro atoms. The van der Waals surface area contributed by atoms with E-state index in [9.17, 15) is 5.11 Å². The zero-order valence-corrected chi connectivity index (χ0v) is 21.0. The Morgan fingerprint density at radius 3 is 2.58 bits per heavy atom. The summed E-state index contributed by atoms with van der Waals surface area (Å²) in [6.45, 7) is 4.33. The number of nitrogens with one attached hydrogen (secondary N) is 2. The summed E-state index contributed by atoms with van der Waals surface area (Å²) >= 11 is 0. The number of nitrogen functional groups attached to an aromatic ring is 1. The number of carbonyl (C=O) groups excluding carboxylic acids is 2. The molecule has 0 saturated carbocycles. The van der Waals surface area contributed by atoms with Crippen LogP contribution in [0.5, 0.6) is 5.75 Å². The van der Waals surface area contributed by atoms with Crippen molar-refractivity contribution in [2.45, 2.75) is 64.8 Å². The number of aliphatic hydroxyl groups excluding tert-OH is 1. The van der Waals surface area contributed by atoms with E-state index in [0.29, 0.717) is 25.1 Å². The lowest BCUT2D eigenvalue weighted by Crippen LogP contribution is -2.24. The molecule has 1 atom stereocenters. The number of H-pyrrole nitrogens is 1. The molecule has 0 radical (unpaired) electrons. The van der Waals surface area contributed by atoms with Crippen LogP contribution < -0.4 is 15.8 Å². The highest BCUT2D eigenvalue weighted by molar-refractivity contribution is 5.54. The van der Waals surface area contributed by atoms with Gasteiger partial charge in [0.15, 0.2) is 5.82 Å². The molecule has 5 N–H and O–H groups in total. The molecule has 194 valence electrons. The number of tetrazole rings is 1. The van der Waals surface area contributed by atoms with Crippen molar-refractivity contribution < 1.29 is 19.4 Å². The first-order valence-corrected chi connectivity index (χ1v) is 11.9. The summed E-state index contributed by atoms with van der Waals surface area (Å²) < 4.78 is 5.65. The topological polar surface area (TPSA) is 182 Å². The molecule has 0 aliphatic rings. The van der Waals surface area contributed by atoms with Gasteiger partial charge in [-0.1, -0.05) is 44.0 Å². The molecule has 0 aliphatic carbocycles. The number of unbranched alkanes of at least 4 members (excludes halogenated alkanes) is 1. The monoisotopic (exact) mass is 498 g/mol. The molecule has 0 fully saturated rings. The van der Waals surface area contributed by atoms with Gasteiger partial charge in [-0.05, 0) is 36.5 Å². The highest BCUT2D eigenvalue weighted by Gasteiger charge is 2.19. The van der Waals surface area contributed by atoms with Crippen molar-refractivity contribution in [3.05, 3.63) is 46.4 Å². The van der Waals surface area contributed by atoms with E-state index in [0.717, 1.165) is 59.6 Å². The van der Waals surface area contributed by atoms with E-state index >= 15 is 0 Å². The molecule has 12 nitrogen and oxygen atoms in total. The van der Waals surface area contributed by atoms with Gasteiger partial charge in [-0.3, -0.25) is 0 Å². The number of aromatic amines is 1. The van der Waals surface area contributed by atoms with Gasteiger partial charge in [0.05, 0.1) is 12.8 Å². The fraction of sp³-hybridized carbons (Fsp3) is 0.500. The number of nitrogens with zero attached hydrogens (tertiary/aromatic N) is 5. The molecule has 0 bridgehead atoms. The Kier molecular flexibility index (Phi) is 12.0. The number of aromatic nitrogens is 6. The van der Waals surface area contributed by atoms with Crippen LogP contribution in [-0.4, -0.2) is 61.6 Å². The molecule has 0 unspecified atom stereocenters. The lowest BCUT2D eigenvalue weighted by molar-refractivity contribution is -0.191. The number of nitrogens with two attached hydrogens (primary N) is 1. The van der Waals surface area contributed by atoms with Crippen LogP contribution in [0, 0.1) is 0 Å². The van der Waals surface area contributed by atoms with Crippen molar-refractivity contribution in [3.63, 3.8) is 0 Å². The van der Waals surface area contributed by atoms with Gasteiger partial charge in [-0.2, -0.15) is 19.8 Å². The van der Waals surface area contributed by atoms with E-state index in [1.165, 1.54) is 0 Å². The van der Waals surface area contributed by atoms with Gasteiger partial charge in [-0.25, -0.2) is 4.98 Å². The fourth-order valence-electron chi connectivity index (χ4n) is 3.95. The Morgan fingerprint density at radius 1 is 1.19 bits per heavy atom. The van der Waals surface area contributed by atoms with Crippen LogP contribution >= 0.6 is 0 Å². The van der Waals surface area contributed by atoms with Gasteiger partial charge >= 0.3 is 6.15 Å². The van der Waals surface area contributed by atoms with E-state index in [2.05, 4.69) is 55.8 Å². The molecule has 36 heavy (non-hydrogen) atoms. The highest BCUT2D eigenvalue weighted by Crippen LogP contribution is 2.29. The van der Waals surface area contributed by atoms with Crippen LogP contribution in [0.3, 0.4) is 0 Å². The number of methoxy groups -OCH3 is 1. The maximum Gasteiger partial charge on any atom is 0.373 e. The third kappa shape index (κ3) is 8.40. The Hall–Kier alpha value is -3.89. The lowest BCUT2D eigenvalue weighted by Gasteiger charge is -2.22. The third-order valence-electron chi connectivity index (χ3n) is 5.63. The second-order valence-corrected chi connectivity index (χ2v) is 8.12. The summed E-state index contributed by atoms with van der Waals surface area (Å²) in [4.78, 5) is 25.3. The molecule has 12 heteroatoms. The summed E-state index contributed by atoms with van der Waals surface area (Å²) in [7, 11) is 1.67. The van der Waals surface area contributed by atoms with Crippen molar-refractivity contribution in [3.8, 4) is 5.75 Å². The maximum atomic E-state index is 9.55. The summed E-state index contributed by atoms with van der Waals surface area (Å²) in [6.07, 6.45) is 5.87. The Morgan fingerprint density at radius 2 is 1.97 bits per heavy atom. The van der Waals surface area contributed by atoms with Gasteiger partial charge in [0.1, 0.15) is 11.6 Å². The SMILES string of the molecule is CCCC[C@@H](CCO)Nc1nc(N)nc(CC)c1Cc1cc(Cc2nn[nH]n2)ccc1OC.O=C=O. The number of anilines is 2. The van der Waals surface area contributed by atoms with Crippen LogP contribution in [-0.2, 0) is 28.9 Å². The van der Waals surface area contributed by atoms with Crippen molar-refractivity contribution in [1.82, 2.24) is 30.6 Å². The summed E-state index contributed by atoms with van der Waals surface area (Å²) in [6, 6.07) is 6.16. The quantitative estimate of drug-likeness (QED) is 0.271. The molecule has 3 aromatic rings. The number of ether oxygens (including phenoxy) is 1. The first-order chi connectivity index (χ1) is 17.5. The van der Waals surface area contributed by atoms with E-state index in [1.54, 1.807) is 7.11 Å². The molecule has 0 saturated heterocycles. The molecule has 3 rings (SSSR count). The van der Waals surface area contributed by atoms with E-state index in [4.69, 9.17) is 20.1 Å². The van der Waals surface area contributed by atoms with Crippen LogP contribution in [0.2, 0.25) is 0 Å². The highest BCUT2D eigenvalue weighted by atomic mass is 16.5. The molecular formula is C24H34N8O4. The van der Waals surface area contributed by atoms with Crippen LogP contribution in [0.25, 0.3) is 0 Å². The minimum Gasteiger partial charge on any atom is -0.496 e. The van der Waals surface area contributed by atoms with Crippen molar-refractivity contribution in [1.29, 1.82) is 0 Å². The molecule has 2 aromatic heterocycles. The maximum absolute atomic E-state index is 9.55. The van der Waals surface area contributed by atoms with Crippen LogP contribution in [0.4, 0.5) is 11.8 Å². The lowest BCUT2D eigenvalue weighted by atomic mass is 9.98. The first kappa shape index (κ1) is 28.3. The molecule has 0 aliphatic heterocycles. The third-order valence-corrected chi connectivity index (χ3v) is 5.63. The summed E-state index contributed by atoms with van der Waals surface area (Å²) in [5, 5.41) is 27.3. The van der Waals surface area contributed by atoms with Gasteiger partial charge < -0.3 is 20.9 Å². The number of benzene rings is 1. The van der Waals surface area contributed by atoms with Gasteiger partial charge in [0.2, 0.25) is 5.95 Å². The molecular weight excluding hydrogens is 464 g/mol. The number of rotatable bonds is 13. The summed E-state index contributed by atoms with van der Waals surface area (Å²) in [5.74, 6) is 2.38. The summed E-state index contributed by atoms with van der Waals surface area (Å²) in [5.41, 5.74) is 9.99. The van der Waals surface area contributed by atoms with Crippen LogP contribution in [0.1, 0.15) is 67.7 Å². The average Bonchev–Trinajstić information content (AvgIpc) is 3.37. The van der Waals surface area contributed by atoms with E-state index < -0.39 is 0 Å². The minimum absolute atomic E-state index is 0.110. The Labute approximate surface area is 210 Å². The van der Waals surface area contributed by atoms with Crippen LogP contribution in [0.15, 0.2) is 18.2 Å². The van der Waals surface area contributed by atoms with Crippen molar-refractivity contribution in [2.24, 2.45) is 0 Å². The van der Waals surface area contributed by atoms with E-state index in [1.807, 2.05) is 12.1 Å². The fourth-order valence-corrected chi connectivity index (χ4v) is 3.95. The Bertz CT molecular complexity index is 1100. The van der Waals surface area contributed by atoms with Gasteiger partial charge in [-0.15, -0.1) is 10.2 Å². The normalized spacial score (nSPS) is 11.2. The number of aliphatic hydroxyl groups is 1. The van der Waals surface area contributed by atoms with Gasteiger partial charge in [0, 0.05) is 31.1 Å². The average molecular weight is 499 g/mol. The molecule has 1 aromatic carbocycles. The number of hydrogen-bond donors (Lipinski definition) is 4. The van der Waals surface area contributed by atoms with Gasteiger partial charge in [0.25, 0.3) is 0 Å². The largest absolute Gasteiger partial charge is 0.496 e. The van der Waals surface area contributed by atoms with E-state index in [-0.39, 0.29) is 24.7 Å². The number of aryl methyl sites for hydroxylation is 1. The smallest absolute Gasteiger partial charge is 0.373 e. The second-order valence-electron chi connectivity index (χ2n) is 8.12. The predicted octanol–water partition coefficient (Wildman–Crippen LogP) is 2.09. The Balaban J connectivity index is 0.00000145. The second kappa shape index (κ2) is 15.2. The predicted molar refractivity (Wildman–Crippen MR) is 132 cm³/mol. The zero-order valence-electron chi connectivity index (χ0n) is 21.0. The minimum atomic E-state index is 0.110. The zero-order chi connectivity index (χ0) is 26.3.